The van der Waals surface area contributed by atoms with E-state index in [0.29, 0.717) is 12.1 Å². The molecule has 20 heavy (non-hydrogen) atoms. The van der Waals surface area contributed by atoms with Gasteiger partial charge in [0.25, 0.3) is 0 Å². The maximum atomic E-state index is 11.6. The first kappa shape index (κ1) is 13.7. The van der Waals surface area contributed by atoms with Gasteiger partial charge < -0.3 is 15.5 Å². The van der Waals surface area contributed by atoms with Gasteiger partial charge in [-0.25, -0.2) is 0 Å². The van der Waals surface area contributed by atoms with Gasteiger partial charge in [-0.1, -0.05) is 30.3 Å². The summed E-state index contributed by atoms with van der Waals surface area (Å²) < 4.78 is 0. The molecule has 0 aliphatic rings. The Hall–Kier alpha value is -2.75. The fraction of sp³-hybridized carbons (Fsp3) is 0.0625. The van der Waals surface area contributed by atoms with Crippen LogP contribution in [0.25, 0.3) is 6.08 Å². The van der Waals surface area contributed by atoms with Gasteiger partial charge in [0.1, 0.15) is 11.5 Å². The monoisotopic (exact) mass is 269 g/mol. The molecule has 0 bridgehead atoms. The topological polar surface area (TPSA) is 69.6 Å². The summed E-state index contributed by atoms with van der Waals surface area (Å²) in [7, 11) is 0. The Kier molecular flexibility index (Phi) is 4.39. The summed E-state index contributed by atoms with van der Waals surface area (Å²) in [5.74, 6) is 0.0302. The first-order valence-electron chi connectivity index (χ1n) is 6.17. The van der Waals surface area contributed by atoms with E-state index in [2.05, 4.69) is 5.32 Å². The van der Waals surface area contributed by atoms with Crippen molar-refractivity contribution in [3.05, 3.63) is 65.7 Å². The van der Waals surface area contributed by atoms with E-state index < -0.39 is 0 Å². The van der Waals surface area contributed by atoms with Crippen LogP contribution in [0.3, 0.4) is 0 Å². The van der Waals surface area contributed by atoms with Gasteiger partial charge >= 0.3 is 0 Å². The maximum absolute atomic E-state index is 11.6. The minimum Gasteiger partial charge on any atom is -0.508 e. The lowest BCUT2D eigenvalue weighted by Crippen LogP contribution is -2.20. The third-order valence-corrected chi connectivity index (χ3v) is 2.73. The number of carbonyl (C=O) groups is 1. The Morgan fingerprint density at radius 2 is 1.90 bits per heavy atom. The van der Waals surface area contributed by atoms with Crippen LogP contribution in [-0.4, -0.2) is 16.1 Å². The summed E-state index contributed by atoms with van der Waals surface area (Å²) in [6, 6.07) is 13.5. The van der Waals surface area contributed by atoms with Crippen LogP contribution in [0, 0.1) is 0 Å². The van der Waals surface area contributed by atoms with Crippen LogP contribution >= 0.6 is 0 Å². The second kappa shape index (κ2) is 6.43. The van der Waals surface area contributed by atoms with Gasteiger partial charge in [0, 0.05) is 18.2 Å². The molecular weight excluding hydrogens is 254 g/mol. The molecule has 0 aliphatic heterocycles. The quantitative estimate of drug-likeness (QED) is 0.747. The molecule has 2 rings (SSSR count). The maximum Gasteiger partial charge on any atom is 0.244 e. The molecule has 3 N–H and O–H groups in total. The van der Waals surface area contributed by atoms with Gasteiger partial charge in [0.2, 0.25) is 5.91 Å². The number of phenols is 2. The van der Waals surface area contributed by atoms with Gasteiger partial charge in [0.05, 0.1) is 0 Å². The number of phenolic OH excluding ortho intramolecular Hbond substituents is 2. The predicted molar refractivity (Wildman–Crippen MR) is 77.1 cm³/mol. The number of nitrogens with one attached hydrogen (secondary N) is 1. The molecule has 0 spiro atoms. The lowest BCUT2D eigenvalue weighted by atomic mass is 10.2. The summed E-state index contributed by atoms with van der Waals surface area (Å²) in [5, 5.41) is 21.6. The molecule has 0 aromatic heterocycles. The zero-order valence-corrected chi connectivity index (χ0v) is 10.8. The molecule has 4 nitrogen and oxygen atoms in total. The van der Waals surface area contributed by atoms with Gasteiger partial charge in [-0.2, -0.15) is 0 Å². The molecule has 102 valence electrons. The summed E-state index contributed by atoms with van der Waals surface area (Å²) >= 11 is 0. The van der Waals surface area contributed by atoms with E-state index in [1.165, 1.54) is 6.08 Å². The minimum absolute atomic E-state index is 0.129. The van der Waals surface area contributed by atoms with E-state index in [1.807, 2.05) is 6.07 Å². The van der Waals surface area contributed by atoms with Crippen LogP contribution in [0.4, 0.5) is 0 Å². The van der Waals surface area contributed by atoms with Crippen molar-refractivity contribution < 1.29 is 15.0 Å². The van der Waals surface area contributed by atoms with Gasteiger partial charge in [-0.15, -0.1) is 0 Å². The summed E-state index contributed by atoms with van der Waals surface area (Å²) in [5.41, 5.74) is 1.40. The molecule has 0 saturated carbocycles. The number of carbonyl (C=O) groups excluding carboxylic acids is 1. The van der Waals surface area contributed by atoms with Crippen molar-refractivity contribution in [2.45, 2.75) is 6.54 Å². The highest BCUT2D eigenvalue weighted by molar-refractivity contribution is 5.92. The second-order valence-electron chi connectivity index (χ2n) is 4.28. The second-order valence-corrected chi connectivity index (χ2v) is 4.28. The average molecular weight is 269 g/mol. The highest BCUT2D eigenvalue weighted by atomic mass is 16.3. The fourth-order valence-electron chi connectivity index (χ4n) is 1.71. The Bertz CT molecular complexity index is 635. The SMILES string of the molecule is O=C(C=Cc1ccccc1O)NCc1cccc(O)c1. The number of para-hydroxylation sites is 1. The Morgan fingerprint density at radius 3 is 2.65 bits per heavy atom. The number of benzene rings is 2. The number of hydrogen-bond acceptors (Lipinski definition) is 3. The molecule has 0 fully saturated rings. The lowest BCUT2D eigenvalue weighted by Gasteiger charge is -2.03. The Balaban J connectivity index is 1.91. The highest BCUT2D eigenvalue weighted by Gasteiger charge is 1.99. The molecule has 1 amide bonds. The van der Waals surface area contributed by atoms with Crippen molar-refractivity contribution >= 4 is 12.0 Å². The third kappa shape index (κ3) is 3.88. The third-order valence-electron chi connectivity index (χ3n) is 2.73. The predicted octanol–water partition coefficient (Wildman–Crippen LogP) is 2.43. The van der Waals surface area contributed by atoms with Crippen LogP contribution < -0.4 is 5.32 Å². The largest absolute Gasteiger partial charge is 0.508 e. The fourth-order valence-corrected chi connectivity index (χ4v) is 1.71. The molecular formula is C16H15NO3. The van der Waals surface area contributed by atoms with Crippen molar-refractivity contribution in [1.82, 2.24) is 5.32 Å². The summed E-state index contributed by atoms with van der Waals surface area (Å²) in [4.78, 5) is 11.6. The van der Waals surface area contributed by atoms with Crippen molar-refractivity contribution in [2.75, 3.05) is 0 Å². The normalized spacial score (nSPS) is 10.6. The van der Waals surface area contributed by atoms with Gasteiger partial charge in [0.15, 0.2) is 0 Å². The van der Waals surface area contributed by atoms with E-state index in [1.54, 1.807) is 48.5 Å². The smallest absolute Gasteiger partial charge is 0.244 e. The highest BCUT2D eigenvalue weighted by Crippen LogP contribution is 2.16. The Morgan fingerprint density at radius 1 is 1.10 bits per heavy atom. The summed E-state index contributed by atoms with van der Waals surface area (Å²) in [6.07, 6.45) is 2.91. The Labute approximate surface area is 117 Å². The zero-order chi connectivity index (χ0) is 14.4. The van der Waals surface area contributed by atoms with E-state index >= 15 is 0 Å². The van der Waals surface area contributed by atoms with Gasteiger partial charge in [-0.3, -0.25) is 4.79 Å². The summed E-state index contributed by atoms with van der Waals surface area (Å²) in [6.45, 7) is 0.332. The van der Waals surface area contributed by atoms with Crippen molar-refractivity contribution in [2.24, 2.45) is 0 Å². The number of aromatic hydroxyl groups is 2. The zero-order valence-electron chi connectivity index (χ0n) is 10.8. The lowest BCUT2D eigenvalue weighted by molar-refractivity contribution is -0.116. The number of rotatable bonds is 4. The van der Waals surface area contributed by atoms with Crippen molar-refractivity contribution in [3.8, 4) is 11.5 Å². The van der Waals surface area contributed by atoms with E-state index in [9.17, 15) is 15.0 Å². The molecule has 0 atom stereocenters. The molecule has 0 saturated heterocycles. The number of amides is 1. The van der Waals surface area contributed by atoms with Crippen LogP contribution in [0.2, 0.25) is 0 Å². The first-order chi connectivity index (χ1) is 9.65. The molecule has 0 radical (unpaired) electrons. The standard InChI is InChI=1S/C16H15NO3/c18-14-6-3-4-12(10-14)11-17-16(20)9-8-13-5-1-2-7-15(13)19/h1-10,18-19H,11H2,(H,17,20). The molecule has 0 aliphatic carbocycles. The molecule has 4 heteroatoms. The number of hydrogen-bond donors (Lipinski definition) is 3. The van der Waals surface area contributed by atoms with Crippen molar-refractivity contribution in [1.29, 1.82) is 0 Å². The molecule has 0 heterocycles. The van der Waals surface area contributed by atoms with E-state index in [4.69, 9.17) is 0 Å². The molecule has 2 aromatic rings. The first-order valence-corrected chi connectivity index (χ1v) is 6.17. The minimum atomic E-state index is -0.267. The van der Waals surface area contributed by atoms with Crippen molar-refractivity contribution in [3.63, 3.8) is 0 Å². The average Bonchev–Trinajstić information content (AvgIpc) is 2.44. The van der Waals surface area contributed by atoms with E-state index in [-0.39, 0.29) is 17.4 Å². The van der Waals surface area contributed by atoms with Crippen LogP contribution in [0.15, 0.2) is 54.6 Å². The molecule has 0 unspecified atom stereocenters. The van der Waals surface area contributed by atoms with Gasteiger partial charge in [-0.05, 0) is 29.8 Å². The van der Waals surface area contributed by atoms with Crippen LogP contribution in [-0.2, 0) is 11.3 Å². The van der Waals surface area contributed by atoms with E-state index in [0.717, 1.165) is 5.56 Å². The van der Waals surface area contributed by atoms with Crippen LogP contribution in [0.5, 0.6) is 11.5 Å². The van der Waals surface area contributed by atoms with Crippen LogP contribution in [0.1, 0.15) is 11.1 Å². The molecule has 2 aromatic carbocycles.